The van der Waals surface area contributed by atoms with E-state index in [1.165, 1.54) is 18.2 Å². The molecule has 0 heterocycles. The number of nitrogens with one attached hydrogen (secondary N) is 1. The van der Waals surface area contributed by atoms with Crippen molar-refractivity contribution in [2.24, 2.45) is 11.7 Å². The molecule has 0 aromatic heterocycles. The highest BCUT2D eigenvalue weighted by molar-refractivity contribution is 5.81. The number of halogens is 3. The summed E-state index contributed by atoms with van der Waals surface area (Å²) < 4.78 is 39.7. The van der Waals surface area contributed by atoms with Gasteiger partial charge in [0.15, 0.2) is 0 Å². The Morgan fingerprint density at radius 2 is 1.86 bits per heavy atom. The van der Waals surface area contributed by atoms with Crippen LogP contribution in [0.15, 0.2) is 30.3 Å². The van der Waals surface area contributed by atoms with Gasteiger partial charge in [-0.05, 0) is 11.5 Å². The summed E-state index contributed by atoms with van der Waals surface area (Å²) in [5.74, 6) is -0.885. The summed E-state index contributed by atoms with van der Waals surface area (Å²) in [5, 5.41) is 12.2. The molecule has 22 heavy (non-hydrogen) atoms. The van der Waals surface area contributed by atoms with Crippen molar-refractivity contribution in [2.45, 2.75) is 38.1 Å². The molecule has 1 amide bonds. The molecule has 0 aliphatic heterocycles. The van der Waals surface area contributed by atoms with Gasteiger partial charge in [0, 0.05) is 0 Å². The maximum atomic E-state index is 13.2. The molecule has 0 aliphatic carbocycles. The van der Waals surface area contributed by atoms with Gasteiger partial charge >= 0.3 is 6.18 Å². The molecule has 0 aliphatic rings. The Bertz CT molecular complexity index is 493. The molecular weight excluding hydrogens is 297 g/mol. The van der Waals surface area contributed by atoms with Gasteiger partial charge in [-0.2, -0.15) is 13.2 Å². The number of hydrogen-bond acceptors (Lipinski definition) is 3. The van der Waals surface area contributed by atoms with E-state index in [1.807, 2.05) is 6.92 Å². The molecule has 1 aromatic carbocycles. The first-order valence-electron chi connectivity index (χ1n) is 7.01. The van der Waals surface area contributed by atoms with Crippen LogP contribution in [0.5, 0.6) is 0 Å². The second-order valence-corrected chi connectivity index (χ2v) is 5.35. The number of amides is 1. The second-order valence-electron chi connectivity index (χ2n) is 5.35. The smallest absolute Gasteiger partial charge is 0.375 e. The Labute approximate surface area is 127 Å². The third kappa shape index (κ3) is 3.98. The molecule has 0 saturated heterocycles. The van der Waals surface area contributed by atoms with Crippen molar-refractivity contribution in [2.75, 3.05) is 6.54 Å². The molecular formula is C15H21F3N2O2. The fourth-order valence-corrected chi connectivity index (χ4v) is 1.93. The maximum Gasteiger partial charge on any atom is 0.423 e. The minimum absolute atomic E-state index is 0.171. The summed E-state index contributed by atoms with van der Waals surface area (Å²) in [6.07, 6.45) is -4.31. The summed E-state index contributed by atoms with van der Waals surface area (Å²) in [6, 6.07) is 5.72. The molecule has 0 bridgehead atoms. The first-order valence-corrected chi connectivity index (χ1v) is 7.01. The molecule has 7 heteroatoms. The number of nitrogens with two attached hydrogens (primary N) is 1. The topological polar surface area (TPSA) is 75.4 Å². The third-order valence-corrected chi connectivity index (χ3v) is 3.80. The Morgan fingerprint density at radius 3 is 2.32 bits per heavy atom. The number of carbonyl (C=O) groups is 1. The highest BCUT2D eigenvalue weighted by Gasteiger charge is 2.55. The average Bonchev–Trinajstić information content (AvgIpc) is 2.50. The van der Waals surface area contributed by atoms with Crippen molar-refractivity contribution in [3.63, 3.8) is 0 Å². The van der Waals surface area contributed by atoms with E-state index in [2.05, 4.69) is 5.32 Å². The first-order chi connectivity index (χ1) is 10.1. The Hall–Kier alpha value is -1.60. The van der Waals surface area contributed by atoms with E-state index in [-0.39, 0.29) is 11.5 Å². The second kappa shape index (κ2) is 7.11. The Morgan fingerprint density at radius 1 is 1.32 bits per heavy atom. The standard InChI is InChI=1S/C15H21F3N2O2/c1-3-10(2)12(19)13(21)20-9-14(22,15(16,17)18)11-7-5-4-6-8-11/h4-8,10,12,22H,3,9,19H2,1-2H3,(H,20,21). The van der Waals surface area contributed by atoms with Crippen molar-refractivity contribution >= 4 is 5.91 Å². The number of rotatable bonds is 6. The highest BCUT2D eigenvalue weighted by Crippen LogP contribution is 2.38. The van der Waals surface area contributed by atoms with Crippen molar-refractivity contribution in [3.8, 4) is 0 Å². The lowest BCUT2D eigenvalue weighted by Gasteiger charge is -2.31. The van der Waals surface area contributed by atoms with Crippen LogP contribution < -0.4 is 11.1 Å². The lowest BCUT2D eigenvalue weighted by Crippen LogP contribution is -2.54. The monoisotopic (exact) mass is 318 g/mol. The van der Waals surface area contributed by atoms with Gasteiger partial charge in [-0.15, -0.1) is 0 Å². The van der Waals surface area contributed by atoms with Crippen LogP contribution in [0.2, 0.25) is 0 Å². The number of alkyl halides is 3. The van der Waals surface area contributed by atoms with E-state index in [9.17, 15) is 23.1 Å². The largest absolute Gasteiger partial charge is 0.423 e. The molecule has 4 nitrogen and oxygen atoms in total. The van der Waals surface area contributed by atoms with Crippen LogP contribution in [0.25, 0.3) is 0 Å². The predicted molar refractivity (Wildman–Crippen MR) is 76.8 cm³/mol. The molecule has 0 saturated carbocycles. The number of benzene rings is 1. The van der Waals surface area contributed by atoms with Gasteiger partial charge in [-0.3, -0.25) is 4.79 Å². The molecule has 0 radical (unpaired) electrons. The molecule has 1 rings (SSSR count). The minimum atomic E-state index is -4.93. The zero-order chi connectivity index (χ0) is 17.0. The highest BCUT2D eigenvalue weighted by atomic mass is 19.4. The molecule has 3 atom stereocenters. The van der Waals surface area contributed by atoms with E-state index >= 15 is 0 Å². The molecule has 0 spiro atoms. The Kier molecular flexibility index (Phi) is 5.96. The molecule has 124 valence electrons. The number of hydrogen-bond donors (Lipinski definition) is 3. The molecule has 0 fully saturated rings. The van der Waals surface area contributed by atoms with Gasteiger partial charge in [0.25, 0.3) is 0 Å². The van der Waals surface area contributed by atoms with Gasteiger partial charge in [0.05, 0.1) is 12.6 Å². The van der Waals surface area contributed by atoms with Crippen LogP contribution >= 0.6 is 0 Å². The van der Waals surface area contributed by atoms with E-state index in [1.54, 1.807) is 6.92 Å². The zero-order valence-electron chi connectivity index (χ0n) is 12.5. The van der Waals surface area contributed by atoms with E-state index in [0.717, 1.165) is 12.1 Å². The van der Waals surface area contributed by atoms with Gasteiger partial charge in [0.1, 0.15) is 0 Å². The third-order valence-electron chi connectivity index (χ3n) is 3.80. The van der Waals surface area contributed by atoms with Gasteiger partial charge in [-0.25, -0.2) is 0 Å². The maximum absolute atomic E-state index is 13.2. The molecule has 4 N–H and O–H groups in total. The lowest BCUT2D eigenvalue weighted by molar-refractivity contribution is -0.264. The summed E-state index contributed by atoms with van der Waals surface area (Å²) in [6.45, 7) is 2.58. The van der Waals surface area contributed by atoms with E-state index in [4.69, 9.17) is 5.73 Å². The Balaban J connectivity index is 2.91. The quantitative estimate of drug-likeness (QED) is 0.750. The first kappa shape index (κ1) is 18.4. The van der Waals surface area contributed by atoms with Gasteiger partial charge in [0.2, 0.25) is 11.5 Å². The SMILES string of the molecule is CCC(C)C(N)C(=O)NCC(O)(c1ccccc1)C(F)(F)F. The molecule has 1 aromatic rings. The fraction of sp³-hybridized carbons (Fsp3) is 0.533. The number of carbonyl (C=O) groups excluding carboxylic acids is 1. The van der Waals surface area contributed by atoms with Crippen LogP contribution in [0, 0.1) is 5.92 Å². The summed E-state index contributed by atoms with van der Waals surface area (Å²) in [5.41, 5.74) is 2.19. The van der Waals surface area contributed by atoms with Crippen LogP contribution in [-0.2, 0) is 10.4 Å². The van der Waals surface area contributed by atoms with Crippen molar-refractivity contribution in [1.82, 2.24) is 5.32 Å². The summed E-state index contributed by atoms with van der Waals surface area (Å²) in [4.78, 5) is 11.8. The van der Waals surface area contributed by atoms with E-state index in [0.29, 0.717) is 6.42 Å². The minimum Gasteiger partial charge on any atom is -0.375 e. The zero-order valence-corrected chi connectivity index (χ0v) is 12.5. The fourth-order valence-electron chi connectivity index (χ4n) is 1.93. The van der Waals surface area contributed by atoms with Crippen molar-refractivity contribution in [1.29, 1.82) is 0 Å². The number of aliphatic hydroxyl groups is 1. The van der Waals surface area contributed by atoms with Crippen LogP contribution in [0.1, 0.15) is 25.8 Å². The van der Waals surface area contributed by atoms with Gasteiger partial charge < -0.3 is 16.2 Å². The molecule has 3 unspecified atom stereocenters. The van der Waals surface area contributed by atoms with Crippen LogP contribution in [-0.4, -0.2) is 29.8 Å². The van der Waals surface area contributed by atoms with Crippen molar-refractivity contribution in [3.05, 3.63) is 35.9 Å². The van der Waals surface area contributed by atoms with Crippen LogP contribution in [0.3, 0.4) is 0 Å². The predicted octanol–water partition coefficient (Wildman–Crippen LogP) is 1.93. The summed E-state index contributed by atoms with van der Waals surface area (Å²) in [7, 11) is 0. The normalized spacial score (nSPS) is 17.4. The average molecular weight is 318 g/mol. The van der Waals surface area contributed by atoms with Crippen molar-refractivity contribution < 1.29 is 23.1 Å². The summed E-state index contributed by atoms with van der Waals surface area (Å²) >= 11 is 0. The van der Waals surface area contributed by atoms with Crippen LogP contribution in [0.4, 0.5) is 13.2 Å². The van der Waals surface area contributed by atoms with E-state index < -0.39 is 30.3 Å². The van der Waals surface area contributed by atoms with Gasteiger partial charge in [-0.1, -0.05) is 50.6 Å². The lowest BCUT2D eigenvalue weighted by atomic mass is 9.92.